The Morgan fingerprint density at radius 3 is 2.70 bits per heavy atom. The van der Waals surface area contributed by atoms with Gasteiger partial charge in [-0.25, -0.2) is 0 Å². The second kappa shape index (κ2) is 6.26. The van der Waals surface area contributed by atoms with Crippen LogP contribution < -0.4 is 0 Å². The van der Waals surface area contributed by atoms with Crippen molar-refractivity contribution in [1.29, 1.82) is 0 Å². The fourth-order valence-corrected chi connectivity index (χ4v) is 3.40. The summed E-state index contributed by atoms with van der Waals surface area (Å²) in [4.78, 5) is 4.96. The second-order valence-electron chi connectivity index (χ2n) is 5.29. The fraction of sp³-hybridized carbons (Fsp3) is 0.176. The van der Waals surface area contributed by atoms with E-state index < -0.39 is 0 Å². The Balaban J connectivity index is 1.50. The number of nitrogens with zero attached hydrogens (tertiary/aromatic N) is 5. The van der Waals surface area contributed by atoms with E-state index in [0.29, 0.717) is 0 Å². The molecule has 0 atom stereocenters. The van der Waals surface area contributed by atoms with E-state index in [-0.39, 0.29) is 0 Å². The zero-order valence-corrected chi connectivity index (χ0v) is 13.3. The molecule has 0 spiro atoms. The summed E-state index contributed by atoms with van der Waals surface area (Å²) in [5.74, 6) is 0.749. The highest BCUT2D eigenvalue weighted by Crippen LogP contribution is 2.21. The van der Waals surface area contributed by atoms with Crippen molar-refractivity contribution in [2.24, 2.45) is 0 Å². The first-order chi connectivity index (χ1) is 11.4. The molecule has 0 saturated carbocycles. The molecular weight excluding hydrogens is 306 g/mol. The number of rotatable bonds is 5. The monoisotopic (exact) mass is 321 g/mol. The number of aryl methyl sites for hydroxylation is 2. The third kappa shape index (κ3) is 2.98. The first-order valence-corrected chi connectivity index (χ1v) is 8.37. The highest BCUT2D eigenvalue weighted by atomic mass is 32.1. The number of aromatic nitrogens is 5. The average Bonchev–Trinajstić information content (AvgIpc) is 3.17. The largest absolute Gasteiger partial charge is 0.264 e. The van der Waals surface area contributed by atoms with Crippen LogP contribution >= 0.6 is 11.3 Å². The Morgan fingerprint density at radius 1 is 0.957 bits per heavy atom. The number of pyridine rings is 1. The molecule has 3 heterocycles. The molecule has 4 aromatic rings. The molecule has 5 nitrogen and oxygen atoms in total. The van der Waals surface area contributed by atoms with Gasteiger partial charge >= 0.3 is 0 Å². The fourth-order valence-electron chi connectivity index (χ4n) is 2.52. The summed E-state index contributed by atoms with van der Waals surface area (Å²) in [6.07, 6.45) is 6.63. The molecule has 0 N–H and O–H groups in total. The lowest BCUT2D eigenvalue weighted by molar-refractivity contribution is 0.789. The zero-order valence-electron chi connectivity index (χ0n) is 12.5. The highest BCUT2D eigenvalue weighted by molar-refractivity contribution is 7.16. The van der Waals surface area contributed by atoms with Crippen LogP contribution in [0, 0.1) is 0 Å². The number of benzene rings is 1. The summed E-state index contributed by atoms with van der Waals surface area (Å²) in [7, 11) is 0. The number of fused-ring (bicyclic) bond motifs is 1. The Morgan fingerprint density at radius 2 is 1.87 bits per heavy atom. The van der Waals surface area contributed by atoms with Crippen molar-refractivity contribution in [3.63, 3.8) is 0 Å². The van der Waals surface area contributed by atoms with Crippen LogP contribution in [0.3, 0.4) is 0 Å². The summed E-state index contributed by atoms with van der Waals surface area (Å²) in [6.45, 7) is 0. The van der Waals surface area contributed by atoms with Crippen molar-refractivity contribution < 1.29 is 0 Å². The van der Waals surface area contributed by atoms with Gasteiger partial charge in [0, 0.05) is 24.4 Å². The van der Waals surface area contributed by atoms with Crippen molar-refractivity contribution >= 4 is 16.3 Å². The van der Waals surface area contributed by atoms with Gasteiger partial charge in [0.1, 0.15) is 5.01 Å². The zero-order chi connectivity index (χ0) is 15.5. The maximum absolute atomic E-state index is 4.66. The molecule has 0 radical (unpaired) electrons. The Hall–Kier alpha value is -2.60. The molecular formula is C17H15N5S. The van der Waals surface area contributed by atoms with E-state index in [1.807, 2.05) is 22.7 Å². The standard InChI is InChI=1S/C17H15N5S/c1-2-6-13(7-3-1)8-4-10-15-21-22-16(19-20-17(22)23-15)14-9-5-11-18-12-14/h1-3,5-7,9,11-12H,4,8,10H2. The van der Waals surface area contributed by atoms with E-state index in [9.17, 15) is 0 Å². The molecule has 0 amide bonds. The van der Waals surface area contributed by atoms with E-state index in [2.05, 4.69) is 44.5 Å². The van der Waals surface area contributed by atoms with Crippen molar-refractivity contribution in [2.45, 2.75) is 19.3 Å². The van der Waals surface area contributed by atoms with Crippen molar-refractivity contribution in [3.8, 4) is 11.4 Å². The molecule has 3 aromatic heterocycles. The summed E-state index contributed by atoms with van der Waals surface area (Å²) in [5.41, 5.74) is 2.30. The van der Waals surface area contributed by atoms with Gasteiger partial charge in [0.05, 0.1) is 0 Å². The van der Waals surface area contributed by atoms with Gasteiger partial charge < -0.3 is 0 Å². The van der Waals surface area contributed by atoms with Gasteiger partial charge in [-0.15, -0.1) is 10.2 Å². The van der Waals surface area contributed by atoms with Gasteiger partial charge in [0.15, 0.2) is 5.82 Å². The Labute approximate surface area is 137 Å². The molecule has 23 heavy (non-hydrogen) atoms. The molecule has 0 fully saturated rings. The van der Waals surface area contributed by atoms with Crippen LogP contribution in [-0.4, -0.2) is 24.8 Å². The lowest BCUT2D eigenvalue weighted by Gasteiger charge is -1.99. The summed E-state index contributed by atoms with van der Waals surface area (Å²) in [6, 6.07) is 14.4. The van der Waals surface area contributed by atoms with Crippen molar-refractivity contribution in [3.05, 3.63) is 65.4 Å². The molecule has 4 rings (SSSR count). The van der Waals surface area contributed by atoms with E-state index in [1.54, 1.807) is 23.7 Å². The predicted octanol–water partition coefficient (Wildman–Crippen LogP) is 3.42. The molecule has 6 heteroatoms. The summed E-state index contributed by atoms with van der Waals surface area (Å²) < 4.78 is 1.82. The van der Waals surface area contributed by atoms with Gasteiger partial charge in [0.25, 0.3) is 0 Å². The Bertz CT molecular complexity index is 899. The molecule has 114 valence electrons. The molecule has 0 unspecified atom stereocenters. The van der Waals surface area contributed by atoms with E-state index in [0.717, 1.165) is 40.6 Å². The lowest BCUT2D eigenvalue weighted by atomic mass is 10.1. The molecule has 0 aliphatic rings. The van der Waals surface area contributed by atoms with Crippen LogP contribution in [0.5, 0.6) is 0 Å². The number of hydrogen-bond donors (Lipinski definition) is 0. The van der Waals surface area contributed by atoms with E-state index >= 15 is 0 Å². The van der Waals surface area contributed by atoms with Crippen LogP contribution in [0.4, 0.5) is 0 Å². The van der Waals surface area contributed by atoms with Crippen LogP contribution in [0.25, 0.3) is 16.3 Å². The molecule has 0 bridgehead atoms. The summed E-state index contributed by atoms with van der Waals surface area (Å²) >= 11 is 1.61. The van der Waals surface area contributed by atoms with Gasteiger partial charge in [-0.1, -0.05) is 41.7 Å². The third-order valence-corrected chi connectivity index (χ3v) is 4.61. The third-order valence-electron chi connectivity index (χ3n) is 3.65. The first kappa shape index (κ1) is 14.0. The predicted molar refractivity (Wildman–Crippen MR) is 90.4 cm³/mol. The minimum Gasteiger partial charge on any atom is -0.264 e. The highest BCUT2D eigenvalue weighted by Gasteiger charge is 2.13. The minimum atomic E-state index is 0.749. The quantitative estimate of drug-likeness (QED) is 0.565. The maximum Gasteiger partial charge on any atom is 0.234 e. The Kier molecular flexibility index (Phi) is 3.81. The maximum atomic E-state index is 4.66. The van der Waals surface area contributed by atoms with E-state index in [4.69, 9.17) is 0 Å². The van der Waals surface area contributed by atoms with Crippen LogP contribution in [-0.2, 0) is 12.8 Å². The van der Waals surface area contributed by atoms with Crippen LogP contribution in [0.1, 0.15) is 17.0 Å². The number of hydrogen-bond acceptors (Lipinski definition) is 5. The molecule has 0 aliphatic heterocycles. The van der Waals surface area contributed by atoms with E-state index in [1.165, 1.54) is 5.56 Å². The smallest absolute Gasteiger partial charge is 0.234 e. The van der Waals surface area contributed by atoms with Gasteiger partial charge in [-0.05, 0) is 30.5 Å². The average molecular weight is 321 g/mol. The van der Waals surface area contributed by atoms with Gasteiger partial charge in [-0.3, -0.25) is 4.98 Å². The van der Waals surface area contributed by atoms with Crippen molar-refractivity contribution in [1.82, 2.24) is 24.8 Å². The minimum absolute atomic E-state index is 0.749. The normalized spacial score (nSPS) is 11.1. The molecule has 1 aromatic carbocycles. The molecule has 0 aliphatic carbocycles. The first-order valence-electron chi connectivity index (χ1n) is 7.55. The van der Waals surface area contributed by atoms with Gasteiger partial charge in [-0.2, -0.15) is 9.61 Å². The molecule has 0 saturated heterocycles. The SMILES string of the molecule is c1ccc(CCCc2nn3c(-c4cccnc4)nnc3s2)cc1. The lowest BCUT2D eigenvalue weighted by Crippen LogP contribution is -1.94. The summed E-state index contributed by atoms with van der Waals surface area (Å²) in [5, 5.41) is 14.2. The van der Waals surface area contributed by atoms with Gasteiger partial charge in [0.2, 0.25) is 4.96 Å². The van der Waals surface area contributed by atoms with Crippen molar-refractivity contribution in [2.75, 3.05) is 0 Å². The second-order valence-corrected chi connectivity index (χ2v) is 6.34. The van der Waals surface area contributed by atoms with Crippen LogP contribution in [0.2, 0.25) is 0 Å². The topological polar surface area (TPSA) is 56.0 Å². The van der Waals surface area contributed by atoms with Crippen LogP contribution in [0.15, 0.2) is 54.9 Å².